The minimum atomic E-state index is -0.277. The molecule has 0 aliphatic carbocycles. The van der Waals surface area contributed by atoms with Crippen LogP contribution in [0.4, 0.5) is 4.39 Å². The van der Waals surface area contributed by atoms with Gasteiger partial charge in [0.15, 0.2) is 0 Å². The molecule has 1 unspecified atom stereocenters. The number of imidazole rings is 1. The lowest BCUT2D eigenvalue weighted by Crippen LogP contribution is -2.13. The number of halogens is 1. The Balaban J connectivity index is 1.87. The standard InChI is InChI=1S/C13H12FN3O/c14-10-3-1-2-8(4-10)11-7-16-13(17-11)9-5-12(18)15-6-9/h1-4,7,9H,5-6H2,(H,15,18)(H,16,17). The Morgan fingerprint density at radius 3 is 3.00 bits per heavy atom. The third-order valence-corrected chi connectivity index (χ3v) is 3.10. The molecular weight excluding hydrogens is 233 g/mol. The predicted octanol–water partition coefficient (Wildman–Crippen LogP) is 1.82. The SMILES string of the molecule is O=C1CC(c2ncc(-c3cccc(F)c3)[nH]2)CN1. The van der Waals surface area contributed by atoms with E-state index in [2.05, 4.69) is 15.3 Å². The summed E-state index contributed by atoms with van der Waals surface area (Å²) >= 11 is 0. The zero-order chi connectivity index (χ0) is 12.5. The molecule has 4 nitrogen and oxygen atoms in total. The van der Waals surface area contributed by atoms with E-state index in [4.69, 9.17) is 0 Å². The normalized spacial score (nSPS) is 18.9. The Bertz CT molecular complexity index is 593. The molecule has 5 heteroatoms. The summed E-state index contributed by atoms with van der Waals surface area (Å²) in [5.74, 6) is 0.623. The summed E-state index contributed by atoms with van der Waals surface area (Å²) in [6, 6.07) is 6.33. The summed E-state index contributed by atoms with van der Waals surface area (Å²) < 4.78 is 13.1. The van der Waals surface area contributed by atoms with E-state index in [1.54, 1.807) is 12.3 Å². The van der Waals surface area contributed by atoms with Gasteiger partial charge in [-0.05, 0) is 12.1 Å². The lowest BCUT2D eigenvalue weighted by molar-refractivity contribution is -0.119. The van der Waals surface area contributed by atoms with E-state index < -0.39 is 0 Å². The lowest BCUT2D eigenvalue weighted by Gasteiger charge is -2.02. The molecule has 0 bridgehead atoms. The van der Waals surface area contributed by atoms with Gasteiger partial charge in [-0.2, -0.15) is 0 Å². The van der Waals surface area contributed by atoms with Crippen molar-refractivity contribution in [3.05, 3.63) is 42.1 Å². The Kier molecular flexibility index (Phi) is 2.59. The first kappa shape index (κ1) is 11.0. The molecule has 1 aliphatic heterocycles. The third kappa shape index (κ3) is 1.99. The molecule has 2 aromatic rings. The number of carbonyl (C=O) groups is 1. The van der Waals surface area contributed by atoms with Crippen molar-refractivity contribution in [3.8, 4) is 11.3 Å². The molecule has 0 saturated carbocycles. The summed E-state index contributed by atoms with van der Waals surface area (Å²) in [6.45, 7) is 0.606. The van der Waals surface area contributed by atoms with Crippen LogP contribution in [0.25, 0.3) is 11.3 Å². The van der Waals surface area contributed by atoms with Gasteiger partial charge in [-0.15, -0.1) is 0 Å². The monoisotopic (exact) mass is 245 g/mol. The number of benzene rings is 1. The summed E-state index contributed by atoms with van der Waals surface area (Å²) in [4.78, 5) is 18.6. The number of aromatic nitrogens is 2. The maximum Gasteiger partial charge on any atom is 0.220 e. The second-order valence-corrected chi connectivity index (χ2v) is 4.40. The second-order valence-electron chi connectivity index (χ2n) is 4.40. The maximum absolute atomic E-state index is 13.1. The Labute approximate surface area is 103 Å². The van der Waals surface area contributed by atoms with Gasteiger partial charge in [0.25, 0.3) is 0 Å². The average molecular weight is 245 g/mol. The highest BCUT2D eigenvalue weighted by atomic mass is 19.1. The van der Waals surface area contributed by atoms with Gasteiger partial charge in [-0.25, -0.2) is 9.37 Å². The second kappa shape index (κ2) is 4.25. The fourth-order valence-electron chi connectivity index (χ4n) is 2.15. The summed E-state index contributed by atoms with van der Waals surface area (Å²) in [5, 5.41) is 2.77. The molecule has 1 atom stereocenters. The number of H-pyrrole nitrogens is 1. The number of nitrogens with zero attached hydrogens (tertiary/aromatic N) is 1. The molecule has 0 spiro atoms. The lowest BCUT2D eigenvalue weighted by atomic mass is 10.1. The Morgan fingerprint density at radius 1 is 1.39 bits per heavy atom. The van der Waals surface area contributed by atoms with Crippen molar-refractivity contribution in [2.24, 2.45) is 0 Å². The van der Waals surface area contributed by atoms with Crippen LogP contribution in [0.2, 0.25) is 0 Å². The average Bonchev–Trinajstić information content (AvgIpc) is 2.97. The Morgan fingerprint density at radius 2 is 2.28 bits per heavy atom. The van der Waals surface area contributed by atoms with Gasteiger partial charge in [0, 0.05) is 24.4 Å². The predicted molar refractivity (Wildman–Crippen MR) is 64.3 cm³/mol. The van der Waals surface area contributed by atoms with Crippen LogP contribution in [-0.2, 0) is 4.79 Å². The van der Waals surface area contributed by atoms with Gasteiger partial charge in [-0.3, -0.25) is 4.79 Å². The number of amides is 1. The quantitative estimate of drug-likeness (QED) is 0.847. The van der Waals surface area contributed by atoms with Gasteiger partial charge in [0.05, 0.1) is 11.9 Å². The van der Waals surface area contributed by atoms with Crippen molar-refractivity contribution in [3.63, 3.8) is 0 Å². The van der Waals surface area contributed by atoms with Crippen LogP contribution in [0.15, 0.2) is 30.5 Å². The van der Waals surface area contributed by atoms with Crippen molar-refractivity contribution in [1.29, 1.82) is 0 Å². The van der Waals surface area contributed by atoms with Crippen molar-refractivity contribution in [2.75, 3.05) is 6.54 Å². The third-order valence-electron chi connectivity index (χ3n) is 3.10. The molecule has 92 valence electrons. The van der Waals surface area contributed by atoms with E-state index in [1.807, 2.05) is 6.07 Å². The molecule has 1 fully saturated rings. The van der Waals surface area contributed by atoms with Crippen LogP contribution in [0, 0.1) is 5.82 Å². The molecule has 1 amide bonds. The fraction of sp³-hybridized carbons (Fsp3) is 0.231. The minimum absolute atomic E-state index is 0.0451. The smallest absolute Gasteiger partial charge is 0.220 e. The van der Waals surface area contributed by atoms with Crippen molar-refractivity contribution in [2.45, 2.75) is 12.3 Å². The van der Waals surface area contributed by atoms with Gasteiger partial charge < -0.3 is 10.3 Å². The highest BCUT2D eigenvalue weighted by molar-refractivity contribution is 5.79. The van der Waals surface area contributed by atoms with Crippen LogP contribution in [0.5, 0.6) is 0 Å². The van der Waals surface area contributed by atoms with Crippen molar-refractivity contribution >= 4 is 5.91 Å². The number of aromatic amines is 1. The first-order valence-electron chi connectivity index (χ1n) is 5.80. The topological polar surface area (TPSA) is 57.8 Å². The molecule has 2 N–H and O–H groups in total. The van der Waals surface area contributed by atoms with Crippen LogP contribution in [-0.4, -0.2) is 22.4 Å². The first-order chi connectivity index (χ1) is 8.72. The van der Waals surface area contributed by atoms with Crippen LogP contribution in [0.3, 0.4) is 0 Å². The van der Waals surface area contributed by atoms with Gasteiger partial charge in [0.1, 0.15) is 11.6 Å². The summed E-state index contributed by atoms with van der Waals surface area (Å²) in [5.41, 5.74) is 1.52. The number of rotatable bonds is 2. The minimum Gasteiger partial charge on any atom is -0.355 e. The van der Waals surface area contributed by atoms with Gasteiger partial charge >= 0.3 is 0 Å². The highest BCUT2D eigenvalue weighted by Crippen LogP contribution is 2.24. The fourth-order valence-corrected chi connectivity index (χ4v) is 2.15. The molecule has 3 rings (SSSR count). The highest BCUT2D eigenvalue weighted by Gasteiger charge is 2.25. The molecular formula is C13H12FN3O. The van der Waals surface area contributed by atoms with Crippen LogP contribution in [0.1, 0.15) is 18.2 Å². The summed E-state index contributed by atoms with van der Waals surface area (Å²) in [6.07, 6.45) is 2.13. The summed E-state index contributed by atoms with van der Waals surface area (Å²) in [7, 11) is 0. The van der Waals surface area contributed by atoms with E-state index >= 15 is 0 Å². The number of carbonyl (C=O) groups excluding carboxylic acids is 1. The van der Waals surface area contributed by atoms with E-state index in [0.29, 0.717) is 13.0 Å². The molecule has 18 heavy (non-hydrogen) atoms. The molecule has 1 aromatic carbocycles. The van der Waals surface area contributed by atoms with E-state index in [9.17, 15) is 9.18 Å². The first-order valence-corrected chi connectivity index (χ1v) is 5.80. The van der Waals surface area contributed by atoms with Gasteiger partial charge in [0.2, 0.25) is 5.91 Å². The van der Waals surface area contributed by atoms with Crippen LogP contribution < -0.4 is 5.32 Å². The van der Waals surface area contributed by atoms with Crippen LogP contribution >= 0.6 is 0 Å². The molecule has 1 saturated heterocycles. The van der Waals surface area contributed by atoms with E-state index in [0.717, 1.165) is 17.1 Å². The van der Waals surface area contributed by atoms with Crippen molar-refractivity contribution in [1.82, 2.24) is 15.3 Å². The molecule has 2 heterocycles. The maximum atomic E-state index is 13.1. The molecule has 1 aromatic heterocycles. The zero-order valence-electron chi connectivity index (χ0n) is 9.61. The zero-order valence-corrected chi connectivity index (χ0v) is 9.61. The van der Waals surface area contributed by atoms with E-state index in [-0.39, 0.29) is 17.6 Å². The number of hydrogen-bond acceptors (Lipinski definition) is 2. The van der Waals surface area contributed by atoms with Gasteiger partial charge in [-0.1, -0.05) is 12.1 Å². The Hall–Kier alpha value is -2.17. The van der Waals surface area contributed by atoms with Crippen molar-refractivity contribution < 1.29 is 9.18 Å². The van der Waals surface area contributed by atoms with E-state index in [1.165, 1.54) is 12.1 Å². The molecule has 1 aliphatic rings. The number of nitrogens with one attached hydrogen (secondary N) is 2. The number of hydrogen-bond donors (Lipinski definition) is 2. The molecule has 0 radical (unpaired) electrons. The largest absolute Gasteiger partial charge is 0.355 e.